The van der Waals surface area contributed by atoms with E-state index < -0.39 is 0 Å². The Balaban J connectivity index is 1.72. The zero-order valence-corrected chi connectivity index (χ0v) is 8.68. The summed E-state index contributed by atoms with van der Waals surface area (Å²) >= 11 is 0. The van der Waals surface area contributed by atoms with E-state index in [0.29, 0.717) is 11.5 Å². The van der Waals surface area contributed by atoms with Gasteiger partial charge in [-0.1, -0.05) is 25.5 Å². The second kappa shape index (κ2) is 3.83. The van der Waals surface area contributed by atoms with Gasteiger partial charge in [-0.3, -0.25) is 0 Å². The van der Waals surface area contributed by atoms with Gasteiger partial charge in [-0.25, -0.2) is 0 Å². The lowest BCUT2D eigenvalue weighted by molar-refractivity contribution is 0.152. The van der Waals surface area contributed by atoms with E-state index in [1.54, 1.807) is 0 Å². The van der Waals surface area contributed by atoms with Crippen LogP contribution in [0.3, 0.4) is 0 Å². The normalized spacial score (nSPS) is 31.3. The van der Waals surface area contributed by atoms with Gasteiger partial charge >= 0.3 is 0 Å². The van der Waals surface area contributed by atoms with E-state index in [2.05, 4.69) is 24.4 Å². The molecule has 2 rings (SSSR count). The van der Waals surface area contributed by atoms with E-state index in [9.17, 15) is 0 Å². The summed E-state index contributed by atoms with van der Waals surface area (Å²) in [6.07, 6.45) is 13.0. The van der Waals surface area contributed by atoms with Crippen molar-refractivity contribution in [1.82, 2.24) is 5.32 Å². The van der Waals surface area contributed by atoms with Crippen molar-refractivity contribution < 1.29 is 0 Å². The highest BCUT2D eigenvalue weighted by molar-refractivity contribution is 4.98. The van der Waals surface area contributed by atoms with Gasteiger partial charge in [0.05, 0.1) is 0 Å². The maximum Gasteiger partial charge on any atom is 0.0250 e. The fourth-order valence-corrected chi connectivity index (χ4v) is 2.32. The van der Waals surface area contributed by atoms with E-state index >= 15 is 0 Å². The quantitative estimate of drug-likeness (QED) is 0.657. The van der Waals surface area contributed by atoms with Crippen LogP contribution in [0.15, 0.2) is 12.2 Å². The number of hydrogen-bond donors (Lipinski definition) is 1. The van der Waals surface area contributed by atoms with Gasteiger partial charge in [0.2, 0.25) is 0 Å². The summed E-state index contributed by atoms with van der Waals surface area (Å²) in [6.45, 7) is 3.64. The Bertz CT molecular complexity index is 191. The molecule has 0 bridgehead atoms. The molecule has 0 radical (unpaired) electrons. The third kappa shape index (κ3) is 2.34. The zero-order valence-electron chi connectivity index (χ0n) is 8.68. The second-order valence-corrected chi connectivity index (χ2v) is 5.01. The minimum Gasteiger partial charge on any atom is -0.310 e. The SMILES string of the molecule is CC1(CNC2C=CCCC2)CCC1. The van der Waals surface area contributed by atoms with Crippen LogP contribution in [0.1, 0.15) is 45.4 Å². The number of hydrogen-bond acceptors (Lipinski definition) is 1. The molecule has 0 aromatic rings. The van der Waals surface area contributed by atoms with E-state index in [4.69, 9.17) is 0 Å². The van der Waals surface area contributed by atoms with Gasteiger partial charge in [0, 0.05) is 12.6 Å². The van der Waals surface area contributed by atoms with E-state index in [0.717, 1.165) is 0 Å². The Morgan fingerprint density at radius 3 is 2.77 bits per heavy atom. The Hall–Kier alpha value is -0.300. The van der Waals surface area contributed by atoms with Crippen LogP contribution in [0.5, 0.6) is 0 Å². The molecule has 1 heteroatoms. The fraction of sp³-hybridized carbons (Fsp3) is 0.833. The maximum absolute atomic E-state index is 3.68. The molecule has 0 aromatic carbocycles. The van der Waals surface area contributed by atoms with Gasteiger partial charge < -0.3 is 5.32 Å². The van der Waals surface area contributed by atoms with Gasteiger partial charge in [0.15, 0.2) is 0 Å². The Morgan fingerprint density at radius 2 is 2.23 bits per heavy atom. The lowest BCUT2D eigenvalue weighted by Crippen LogP contribution is -2.41. The van der Waals surface area contributed by atoms with Crippen LogP contribution in [0.2, 0.25) is 0 Å². The molecule has 1 nitrogen and oxygen atoms in total. The molecule has 0 amide bonds. The molecule has 1 saturated carbocycles. The highest BCUT2D eigenvalue weighted by Gasteiger charge is 2.31. The molecule has 1 unspecified atom stereocenters. The summed E-state index contributed by atoms with van der Waals surface area (Å²) in [5.74, 6) is 0. The molecule has 74 valence electrons. The lowest BCUT2D eigenvalue weighted by Gasteiger charge is -2.39. The van der Waals surface area contributed by atoms with Gasteiger partial charge in [0.1, 0.15) is 0 Å². The van der Waals surface area contributed by atoms with Gasteiger partial charge in [-0.15, -0.1) is 0 Å². The lowest BCUT2D eigenvalue weighted by atomic mass is 9.70. The van der Waals surface area contributed by atoms with Crippen LogP contribution in [-0.2, 0) is 0 Å². The largest absolute Gasteiger partial charge is 0.310 e. The molecule has 0 spiro atoms. The van der Waals surface area contributed by atoms with Crippen LogP contribution in [-0.4, -0.2) is 12.6 Å². The van der Waals surface area contributed by atoms with Crippen molar-refractivity contribution in [3.05, 3.63) is 12.2 Å². The van der Waals surface area contributed by atoms with E-state index in [-0.39, 0.29) is 0 Å². The molecule has 0 aromatic heterocycles. The molecular weight excluding hydrogens is 158 g/mol. The Kier molecular flexibility index (Phi) is 2.73. The van der Waals surface area contributed by atoms with Crippen molar-refractivity contribution in [3.63, 3.8) is 0 Å². The molecule has 0 saturated heterocycles. The third-order valence-electron chi connectivity index (χ3n) is 3.61. The summed E-state index contributed by atoms with van der Waals surface area (Å²) in [6, 6.07) is 0.672. The smallest absolute Gasteiger partial charge is 0.0250 e. The van der Waals surface area contributed by atoms with Crippen molar-refractivity contribution in [2.45, 2.75) is 51.5 Å². The predicted molar refractivity (Wildman–Crippen MR) is 56.7 cm³/mol. The first-order valence-corrected chi connectivity index (χ1v) is 5.69. The minimum atomic E-state index is 0.630. The van der Waals surface area contributed by atoms with Crippen molar-refractivity contribution in [1.29, 1.82) is 0 Å². The second-order valence-electron chi connectivity index (χ2n) is 5.01. The van der Waals surface area contributed by atoms with Gasteiger partial charge in [0.25, 0.3) is 0 Å². The van der Waals surface area contributed by atoms with Crippen LogP contribution >= 0.6 is 0 Å². The predicted octanol–water partition coefficient (Wildman–Crippen LogP) is 2.87. The highest BCUT2D eigenvalue weighted by Crippen LogP contribution is 2.39. The fourth-order valence-electron chi connectivity index (χ4n) is 2.32. The van der Waals surface area contributed by atoms with E-state index in [1.165, 1.54) is 45.1 Å². The molecule has 13 heavy (non-hydrogen) atoms. The van der Waals surface area contributed by atoms with Crippen molar-refractivity contribution in [2.75, 3.05) is 6.54 Å². The molecular formula is C12H21N. The first-order valence-electron chi connectivity index (χ1n) is 5.69. The molecule has 0 aliphatic heterocycles. The zero-order chi connectivity index (χ0) is 9.15. The molecule has 1 N–H and O–H groups in total. The summed E-state index contributed by atoms with van der Waals surface area (Å²) < 4.78 is 0. The summed E-state index contributed by atoms with van der Waals surface area (Å²) in [5, 5.41) is 3.68. The number of allylic oxidation sites excluding steroid dienone is 1. The van der Waals surface area contributed by atoms with Gasteiger partial charge in [-0.2, -0.15) is 0 Å². The third-order valence-corrected chi connectivity index (χ3v) is 3.61. The molecule has 1 fully saturated rings. The maximum atomic E-state index is 3.68. The first-order chi connectivity index (χ1) is 6.29. The van der Waals surface area contributed by atoms with Crippen LogP contribution < -0.4 is 5.32 Å². The standard InChI is InChI=1S/C12H21N/c1-12(8-5-9-12)10-13-11-6-3-2-4-7-11/h3,6,11,13H,2,4-5,7-10H2,1H3. The number of rotatable bonds is 3. The Labute approximate surface area is 81.6 Å². The molecule has 2 aliphatic carbocycles. The topological polar surface area (TPSA) is 12.0 Å². The monoisotopic (exact) mass is 179 g/mol. The summed E-state index contributed by atoms with van der Waals surface area (Å²) in [4.78, 5) is 0. The van der Waals surface area contributed by atoms with Crippen LogP contribution in [0.25, 0.3) is 0 Å². The van der Waals surface area contributed by atoms with E-state index in [1.807, 2.05) is 0 Å². The average Bonchev–Trinajstić information content (AvgIpc) is 2.13. The molecule has 0 heterocycles. The van der Waals surface area contributed by atoms with Crippen LogP contribution in [0.4, 0.5) is 0 Å². The summed E-state index contributed by atoms with van der Waals surface area (Å²) in [5.41, 5.74) is 0.630. The van der Waals surface area contributed by atoms with Crippen LogP contribution in [0, 0.1) is 5.41 Å². The Morgan fingerprint density at radius 1 is 1.38 bits per heavy atom. The number of nitrogens with one attached hydrogen (secondary N) is 1. The van der Waals surface area contributed by atoms with Crippen molar-refractivity contribution >= 4 is 0 Å². The highest BCUT2D eigenvalue weighted by atomic mass is 14.9. The summed E-state index contributed by atoms with van der Waals surface area (Å²) in [7, 11) is 0. The minimum absolute atomic E-state index is 0.630. The molecule has 2 aliphatic rings. The van der Waals surface area contributed by atoms with Crippen molar-refractivity contribution in [2.24, 2.45) is 5.41 Å². The van der Waals surface area contributed by atoms with Gasteiger partial charge in [-0.05, 0) is 37.5 Å². The molecule has 1 atom stereocenters. The first kappa shape index (κ1) is 9.26. The van der Waals surface area contributed by atoms with Crippen molar-refractivity contribution in [3.8, 4) is 0 Å². The average molecular weight is 179 g/mol.